The maximum absolute atomic E-state index is 11.1. The highest BCUT2D eigenvalue weighted by Crippen LogP contribution is 1.93. The summed E-state index contributed by atoms with van der Waals surface area (Å²) >= 11 is 0. The molecule has 0 aliphatic carbocycles. The van der Waals surface area contributed by atoms with Crippen molar-refractivity contribution in [1.29, 1.82) is 0 Å². The highest BCUT2D eigenvalue weighted by Gasteiger charge is 2.04. The minimum Gasteiger partial charge on any atom is -0.352 e. The number of nitrogens with two attached hydrogens (primary N) is 1. The van der Waals surface area contributed by atoms with Gasteiger partial charge < -0.3 is 11.1 Å². The lowest BCUT2D eigenvalue weighted by atomic mass is 10.2. The van der Waals surface area contributed by atoms with Gasteiger partial charge in [0.25, 0.3) is 0 Å². The van der Waals surface area contributed by atoms with Crippen molar-refractivity contribution in [2.75, 3.05) is 0 Å². The van der Waals surface area contributed by atoms with Crippen LogP contribution in [0.1, 0.15) is 18.9 Å². The Morgan fingerprint density at radius 1 is 1.85 bits per heavy atom. The van der Waals surface area contributed by atoms with Gasteiger partial charge in [-0.15, -0.1) is 0 Å². The first-order valence-electron chi connectivity index (χ1n) is 4.18. The van der Waals surface area contributed by atoms with E-state index in [0.29, 0.717) is 13.0 Å². The van der Waals surface area contributed by atoms with Crippen LogP contribution in [0.3, 0.4) is 0 Å². The Hall–Kier alpha value is -1.36. The van der Waals surface area contributed by atoms with Gasteiger partial charge in [0.2, 0.25) is 5.91 Å². The zero-order chi connectivity index (χ0) is 9.68. The molecule has 0 fully saturated rings. The topological polar surface area (TPSA) is 83.8 Å². The molecule has 1 rings (SSSR count). The number of amides is 1. The van der Waals surface area contributed by atoms with Crippen molar-refractivity contribution in [1.82, 2.24) is 15.5 Å². The number of carbonyl (C=O) groups is 1. The zero-order valence-corrected chi connectivity index (χ0v) is 7.58. The summed E-state index contributed by atoms with van der Waals surface area (Å²) in [4.78, 5) is 11.1. The number of rotatable bonds is 4. The molecule has 5 heteroatoms. The van der Waals surface area contributed by atoms with Crippen molar-refractivity contribution in [2.24, 2.45) is 5.73 Å². The first kappa shape index (κ1) is 9.73. The van der Waals surface area contributed by atoms with Crippen LogP contribution in [0.5, 0.6) is 0 Å². The summed E-state index contributed by atoms with van der Waals surface area (Å²) in [6.45, 7) is 2.31. The van der Waals surface area contributed by atoms with Gasteiger partial charge in [0.15, 0.2) is 0 Å². The van der Waals surface area contributed by atoms with Gasteiger partial charge in [-0.1, -0.05) is 0 Å². The van der Waals surface area contributed by atoms with E-state index >= 15 is 0 Å². The number of aromatic amines is 1. The molecule has 0 radical (unpaired) electrons. The molecule has 0 aliphatic heterocycles. The molecule has 72 valence electrons. The predicted octanol–water partition coefficient (Wildman–Crippen LogP) is -0.237. The molecule has 0 saturated carbocycles. The van der Waals surface area contributed by atoms with Crippen molar-refractivity contribution in [3.63, 3.8) is 0 Å². The zero-order valence-electron chi connectivity index (χ0n) is 7.58. The normalized spacial score (nSPS) is 12.5. The Morgan fingerprint density at radius 3 is 3.15 bits per heavy atom. The monoisotopic (exact) mass is 182 g/mol. The fourth-order valence-corrected chi connectivity index (χ4v) is 0.940. The predicted molar refractivity (Wildman–Crippen MR) is 48.7 cm³/mol. The van der Waals surface area contributed by atoms with Crippen molar-refractivity contribution in [3.05, 3.63) is 18.0 Å². The van der Waals surface area contributed by atoms with Crippen LogP contribution >= 0.6 is 0 Å². The third kappa shape index (κ3) is 3.71. The molecule has 0 bridgehead atoms. The van der Waals surface area contributed by atoms with Crippen LogP contribution in [0, 0.1) is 0 Å². The Bertz CT molecular complexity index is 255. The molecule has 1 unspecified atom stereocenters. The number of nitrogens with zero attached hydrogens (tertiary/aromatic N) is 1. The Balaban J connectivity index is 2.23. The van der Waals surface area contributed by atoms with Gasteiger partial charge in [0, 0.05) is 30.8 Å². The number of nitrogens with one attached hydrogen (secondary N) is 2. The molecule has 1 aromatic heterocycles. The molecule has 13 heavy (non-hydrogen) atoms. The molecule has 0 saturated heterocycles. The Kier molecular flexibility index (Phi) is 3.45. The molecule has 4 N–H and O–H groups in total. The van der Waals surface area contributed by atoms with E-state index in [-0.39, 0.29) is 11.9 Å². The van der Waals surface area contributed by atoms with Crippen LogP contribution in [-0.4, -0.2) is 22.1 Å². The van der Waals surface area contributed by atoms with E-state index < -0.39 is 0 Å². The quantitative estimate of drug-likeness (QED) is 0.601. The highest BCUT2D eigenvalue weighted by molar-refractivity contribution is 5.76. The molecule has 0 spiro atoms. The second-order valence-corrected chi connectivity index (χ2v) is 3.06. The lowest BCUT2D eigenvalue weighted by Gasteiger charge is -2.05. The minimum absolute atomic E-state index is 0.0313. The Labute approximate surface area is 76.7 Å². The van der Waals surface area contributed by atoms with E-state index in [1.807, 2.05) is 0 Å². The van der Waals surface area contributed by atoms with Crippen LogP contribution in [0.2, 0.25) is 0 Å². The first-order valence-corrected chi connectivity index (χ1v) is 4.18. The highest BCUT2D eigenvalue weighted by atomic mass is 16.1. The molecule has 5 nitrogen and oxygen atoms in total. The van der Waals surface area contributed by atoms with E-state index in [2.05, 4.69) is 15.5 Å². The molecule has 0 aliphatic rings. The summed E-state index contributed by atoms with van der Waals surface area (Å²) in [5.74, 6) is -0.0313. The third-order valence-electron chi connectivity index (χ3n) is 1.55. The molecule has 1 heterocycles. The summed E-state index contributed by atoms with van der Waals surface area (Å²) in [5, 5.41) is 9.17. The summed E-state index contributed by atoms with van der Waals surface area (Å²) in [5.41, 5.74) is 6.42. The Morgan fingerprint density at radius 2 is 2.62 bits per heavy atom. The van der Waals surface area contributed by atoms with E-state index in [1.54, 1.807) is 19.3 Å². The number of carbonyl (C=O) groups excluding carboxylic acids is 1. The smallest absolute Gasteiger partial charge is 0.221 e. The van der Waals surface area contributed by atoms with Gasteiger partial charge >= 0.3 is 0 Å². The number of hydrogen-bond acceptors (Lipinski definition) is 3. The van der Waals surface area contributed by atoms with Gasteiger partial charge in [0.1, 0.15) is 0 Å². The van der Waals surface area contributed by atoms with Gasteiger partial charge in [-0.25, -0.2) is 0 Å². The summed E-state index contributed by atoms with van der Waals surface area (Å²) in [6, 6.07) is -0.0932. The number of aromatic nitrogens is 2. The van der Waals surface area contributed by atoms with Crippen molar-refractivity contribution < 1.29 is 4.79 Å². The first-order chi connectivity index (χ1) is 6.18. The van der Waals surface area contributed by atoms with E-state index in [4.69, 9.17) is 5.73 Å². The maximum atomic E-state index is 11.1. The third-order valence-corrected chi connectivity index (χ3v) is 1.55. The van der Waals surface area contributed by atoms with Crippen LogP contribution in [0.25, 0.3) is 0 Å². The van der Waals surface area contributed by atoms with E-state index in [9.17, 15) is 4.79 Å². The second kappa shape index (κ2) is 4.61. The molecule has 1 amide bonds. The van der Waals surface area contributed by atoms with Crippen molar-refractivity contribution in [3.8, 4) is 0 Å². The average Bonchev–Trinajstić information content (AvgIpc) is 2.51. The van der Waals surface area contributed by atoms with E-state index in [1.165, 1.54) is 0 Å². The molecule has 1 atom stereocenters. The van der Waals surface area contributed by atoms with E-state index in [0.717, 1.165) is 5.56 Å². The molecule has 1 aromatic rings. The van der Waals surface area contributed by atoms with Crippen molar-refractivity contribution >= 4 is 5.91 Å². The molecular formula is C8H14N4O. The standard InChI is InChI=1S/C8H14N4O/c1-6(9)2-8(13)10-3-7-4-11-12-5-7/h4-6H,2-3,9H2,1H3,(H,10,13)(H,11,12). The fourth-order valence-electron chi connectivity index (χ4n) is 0.940. The molecular weight excluding hydrogens is 168 g/mol. The van der Waals surface area contributed by atoms with Crippen LogP contribution in [0.15, 0.2) is 12.4 Å². The number of hydrogen-bond donors (Lipinski definition) is 3. The largest absolute Gasteiger partial charge is 0.352 e. The van der Waals surface area contributed by atoms with Crippen LogP contribution in [-0.2, 0) is 11.3 Å². The van der Waals surface area contributed by atoms with Gasteiger partial charge in [-0.2, -0.15) is 5.10 Å². The van der Waals surface area contributed by atoms with Crippen LogP contribution in [0.4, 0.5) is 0 Å². The SMILES string of the molecule is CC(N)CC(=O)NCc1cn[nH]c1. The second-order valence-electron chi connectivity index (χ2n) is 3.06. The summed E-state index contributed by atoms with van der Waals surface area (Å²) in [6.07, 6.45) is 3.77. The number of H-pyrrole nitrogens is 1. The fraction of sp³-hybridized carbons (Fsp3) is 0.500. The van der Waals surface area contributed by atoms with Crippen LogP contribution < -0.4 is 11.1 Å². The minimum atomic E-state index is -0.0932. The molecule has 0 aromatic carbocycles. The lowest BCUT2D eigenvalue weighted by Crippen LogP contribution is -2.29. The van der Waals surface area contributed by atoms with Gasteiger partial charge in [-0.3, -0.25) is 9.89 Å². The lowest BCUT2D eigenvalue weighted by molar-refractivity contribution is -0.121. The average molecular weight is 182 g/mol. The van der Waals surface area contributed by atoms with Crippen molar-refractivity contribution in [2.45, 2.75) is 25.9 Å². The summed E-state index contributed by atoms with van der Waals surface area (Å²) in [7, 11) is 0. The van der Waals surface area contributed by atoms with Gasteiger partial charge in [-0.05, 0) is 6.92 Å². The maximum Gasteiger partial charge on any atom is 0.221 e. The summed E-state index contributed by atoms with van der Waals surface area (Å²) < 4.78 is 0. The van der Waals surface area contributed by atoms with Gasteiger partial charge in [0.05, 0.1) is 6.20 Å².